The van der Waals surface area contributed by atoms with Gasteiger partial charge in [-0.05, 0) is 67.9 Å². The Balaban J connectivity index is 2.01. The van der Waals surface area contributed by atoms with Gasteiger partial charge >= 0.3 is 0 Å². The lowest BCUT2D eigenvalue weighted by Crippen LogP contribution is -2.51. The molecule has 0 aliphatic heterocycles. The van der Waals surface area contributed by atoms with Crippen molar-refractivity contribution in [2.45, 2.75) is 31.3 Å². The van der Waals surface area contributed by atoms with Crippen LogP contribution in [0.5, 0.6) is 0 Å². The molecule has 0 saturated heterocycles. The minimum absolute atomic E-state index is 0.0163. The number of nitrogens with one attached hydrogen (secondary N) is 1. The molecule has 0 fully saturated rings. The molecule has 190 valence electrons. The fourth-order valence-electron chi connectivity index (χ4n) is 3.59. The number of hydrogen-bond acceptors (Lipinski definition) is 4. The largest absolute Gasteiger partial charge is 0.355 e. The van der Waals surface area contributed by atoms with E-state index in [1.54, 1.807) is 32.0 Å². The molecular formula is C26H27BrFN3O4S. The molecule has 2 amide bonds. The van der Waals surface area contributed by atoms with Crippen molar-refractivity contribution in [1.82, 2.24) is 10.2 Å². The smallest absolute Gasteiger partial charge is 0.264 e. The van der Waals surface area contributed by atoms with E-state index in [2.05, 4.69) is 21.2 Å². The van der Waals surface area contributed by atoms with Gasteiger partial charge in [0.15, 0.2) is 0 Å². The van der Waals surface area contributed by atoms with Crippen LogP contribution in [0.1, 0.15) is 19.4 Å². The first-order valence-electron chi connectivity index (χ1n) is 11.3. The number of sulfonamides is 1. The summed E-state index contributed by atoms with van der Waals surface area (Å²) >= 11 is 3.41. The van der Waals surface area contributed by atoms with E-state index in [9.17, 15) is 22.4 Å². The zero-order valence-electron chi connectivity index (χ0n) is 19.9. The second-order valence-electron chi connectivity index (χ2n) is 8.02. The Bertz CT molecular complexity index is 1300. The number of nitrogens with zero attached hydrogens (tertiary/aromatic N) is 2. The van der Waals surface area contributed by atoms with Gasteiger partial charge in [0.1, 0.15) is 18.4 Å². The average Bonchev–Trinajstić information content (AvgIpc) is 2.86. The maximum Gasteiger partial charge on any atom is 0.264 e. The van der Waals surface area contributed by atoms with E-state index in [-0.39, 0.29) is 23.0 Å². The second kappa shape index (κ2) is 12.1. The Morgan fingerprint density at radius 3 is 2.28 bits per heavy atom. The molecule has 36 heavy (non-hydrogen) atoms. The van der Waals surface area contributed by atoms with Crippen molar-refractivity contribution < 1.29 is 22.4 Å². The molecule has 0 aliphatic carbocycles. The van der Waals surface area contributed by atoms with Crippen LogP contribution in [0.3, 0.4) is 0 Å². The van der Waals surface area contributed by atoms with Gasteiger partial charge in [-0.2, -0.15) is 0 Å². The van der Waals surface area contributed by atoms with Crippen LogP contribution in [0.25, 0.3) is 0 Å². The molecule has 0 saturated carbocycles. The van der Waals surface area contributed by atoms with Gasteiger partial charge in [0, 0.05) is 17.6 Å². The highest BCUT2D eigenvalue weighted by Gasteiger charge is 2.32. The van der Waals surface area contributed by atoms with Crippen molar-refractivity contribution in [3.05, 3.63) is 94.7 Å². The predicted octanol–water partition coefficient (Wildman–Crippen LogP) is 4.34. The molecule has 1 N–H and O–H groups in total. The molecular weight excluding hydrogens is 549 g/mol. The van der Waals surface area contributed by atoms with E-state index in [0.717, 1.165) is 26.5 Å². The van der Waals surface area contributed by atoms with Crippen molar-refractivity contribution in [2.24, 2.45) is 0 Å². The SMILES string of the molecule is CCNC(=O)C(C)N(Cc1cccc(Br)c1)C(=O)CN(c1ccc(F)cc1)S(=O)(=O)c1ccccc1. The fraction of sp³-hybridized carbons (Fsp3) is 0.231. The Morgan fingerprint density at radius 2 is 1.67 bits per heavy atom. The number of likely N-dealkylation sites (N-methyl/N-ethyl adjacent to an activating group) is 1. The maximum absolute atomic E-state index is 13.7. The van der Waals surface area contributed by atoms with Gasteiger partial charge in [-0.1, -0.05) is 46.3 Å². The van der Waals surface area contributed by atoms with E-state index in [4.69, 9.17) is 0 Å². The summed E-state index contributed by atoms with van der Waals surface area (Å²) in [4.78, 5) is 27.7. The summed E-state index contributed by atoms with van der Waals surface area (Å²) in [5.74, 6) is -1.49. The van der Waals surface area contributed by atoms with Crippen LogP contribution in [0.2, 0.25) is 0 Å². The van der Waals surface area contributed by atoms with Crippen molar-refractivity contribution >= 4 is 43.5 Å². The fourth-order valence-corrected chi connectivity index (χ4v) is 5.47. The summed E-state index contributed by atoms with van der Waals surface area (Å²) < 4.78 is 42.5. The minimum Gasteiger partial charge on any atom is -0.355 e. The molecule has 0 bridgehead atoms. The monoisotopic (exact) mass is 575 g/mol. The van der Waals surface area contributed by atoms with E-state index < -0.39 is 34.3 Å². The van der Waals surface area contributed by atoms with Gasteiger partial charge in [0.2, 0.25) is 11.8 Å². The summed E-state index contributed by atoms with van der Waals surface area (Å²) in [5.41, 5.74) is 0.884. The van der Waals surface area contributed by atoms with E-state index in [0.29, 0.717) is 6.54 Å². The number of carbonyl (C=O) groups excluding carboxylic acids is 2. The Kier molecular flexibility index (Phi) is 9.22. The highest BCUT2D eigenvalue weighted by molar-refractivity contribution is 9.10. The number of halogens is 2. The number of benzene rings is 3. The summed E-state index contributed by atoms with van der Waals surface area (Å²) in [6.45, 7) is 3.24. The minimum atomic E-state index is -4.18. The molecule has 1 unspecified atom stereocenters. The van der Waals surface area contributed by atoms with Crippen molar-refractivity contribution in [3.8, 4) is 0 Å². The molecule has 0 heterocycles. The van der Waals surface area contributed by atoms with Crippen LogP contribution in [0.4, 0.5) is 10.1 Å². The molecule has 0 aromatic heterocycles. The van der Waals surface area contributed by atoms with Crippen molar-refractivity contribution in [1.29, 1.82) is 0 Å². The van der Waals surface area contributed by atoms with Crippen LogP contribution in [-0.4, -0.2) is 44.3 Å². The van der Waals surface area contributed by atoms with Crippen molar-refractivity contribution in [3.63, 3.8) is 0 Å². The van der Waals surface area contributed by atoms with E-state index >= 15 is 0 Å². The zero-order valence-corrected chi connectivity index (χ0v) is 22.3. The molecule has 3 rings (SSSR count). The van der Waals surface area contributed by atoms with Gasteiger partial charge in [-0.15, -0.1) is 0 Å². The number of amides is 2. The average molecular weight is 576 g/mol. The maximum atomic E-state index is 13.7. The molecule has 0 spiro atoms. The lowest BCUT2D eigenvalue weighted by atomic mass is 10.1. The van der Waals surface area contributed by atoms with E-state index in [1.165, 1.54) is 29.2 Å². The Hall–Kier alpha value is -3.24. The topological polar surface area (TPSA) is 86.8 Å². The van der Waals surface area contributed by atoms with Crippen molar-refractivity contribution in [2.75, 3.05) is 17.4 Å². The van der Waals surface area contributed by atoms with Gasteiger partial charge in [0.25, 0.3) is 10.0 Å². The number of rotatable bonds is 10. The molecule has 1 atom stereocenters. The molecule has 7 nitrogen and oxygen atoms in total. The van der Waals surface area contributed by atoms with Gasteiger partial charge in [-0.25, -0.2) is 12.8 Å². The van der Waals surface area contributed by atoms with Gasteiger partial charge < -0.3 is 10.2 Å². The highest BCUT2D eigenvalue weighted by atomic mass is 79.9. The van der Waals surface area contributed by atoms with Crippen LogP contribution >= 0.6 is 15.9 Å². The van der Waals surface area contributed by atoms with Gasteiger partial charge in [-0.3, -0.25) is 13.9 Å². The quantitative estimate of drug-likeness (QED) is 0.389. The standard InChI is InChI=1S/C26H27BrFN3O4S/c1-3-29-26(33)19(2)30(17-20-8-7-9-21(27)16-20)25(32)18-31(23-14-12-22(28)13-15-23)36(34,35)24-10-5-4-6-11-24/h4-16,19H,3,17-18H2,1-2H3,(H,29,33). The van der Waals surface area contributed by atoms with Crippen LogP contribution < -0.4 is 9.62 Å². The summed E-state index contributed by atoms with van der Waals surface area (Å²) in [6.07, 6.45) is 0. The summed E-state index contributed by atoms with van der Waals surface area (Å²) in [6, 6.07) is 19.0. The third kappa shape index (κ3) is 6.70. The summed E-state index contributed by atoms with van der Waals surface area (Å²) in [5, 5.41) is 2.71. The normalized spacial score (nSPS) is 12.0. The molecule has 10 heteroatoms. The lowest BCUT2D eigenvalue weighted by molar-refractivity contribution is -0.139. The first-order valence-corrected chi connectivity index (χ1v) is 13.5. The highest BCUT2D eigenvalue weighted by Crippen LogP contribution is 2.25. The first-order chi connectivity index (χ1) is 17.1. The molecule has 3 aromatic rings. The second-order valence-corrected chi connectivity index (χ2v) is 10.8. The summed E-state index contributed by atoms with van der Waals surface area (Å²) in [7, 11) is -4.18. The third-order valence-electron chi connectivity index (χ3n) is 5.48. The van der Waals surface area contributed by atoms with Gasteiger partial charge in [0.05, 0.1) is 10.6 Å². The van der Waals surface area contributed by atoms with Crippen LogP contribution in [0, 0.1) is 5.82 Å². The Morgan fingerprint density at radius 1 is 1.00 bits per heavy atom. The Labute approximate surface area is 219 Å². The van der Waals surface area contributed by atoms with Crippen LogP contribution in [-0.2, 0) is 26.2 Å². The number of hydrogen-bond donors (Lipinski definition) is 1. The number of anilines is 1. The lowest BCUT2D eigenvalue weighted by Gasteiger charge is -2.32. The predicted molar refractivity (Wildman–Crippen MR) is 140 cm³/mol. The molecule has 3 aromatic carbocycles. The molecule has 0 radical (unpaired) electrons. The first kappa shape index (κ1) is 27.3. The van der Waals surface area contributed by atoms with Crippen LogP contribution in [0.15, 0.2) is 88.2 Å². The number of carbonyl (C=O) groups is 2. The third-order valence-corrected chi connectivity index (χ3v) is 7.77. The molecule has 0 aliphatic rings. The van der Waals surface area contributed by atoms with E-state index in [1.807, 2.05) is 24.3 Å². The zero-order chi connectivity index (χ0) is 26.3.